The first-order valence-corrected chi connectivity index (χ1v) is 6.88. The number of hydrogen-bond acceptors (Lipinski definition) is 4. The van der Waals surface area contributed by atoms with Gasteiger partial charge in [-0.2, -0.15) is 0 Å². The van der Waals surface area contributed by atoms with Crippen LogP contribution in [-0.4, -0.2) is 45.1 Å². The number of carboxylic acids is 1. The third-order valence-corrected chi connectivity index (χ3v) is 4.56. The number of ether oxygens (including phenoxy) is 1. The molecule has 1 N–H and O–H groups in total. The van der Waals surface area contributed by atoms with E-state index in [2.05, 4.69) is 4.98 Å². The molecule has 2 unspecified atom stereocenters. The molecule has 1 aromatic heterocycles. The van der Waals surface area contributed by atoms with Gasteiger partial charge in [0.2, 0.25) is 5.91 Å². The lowest BCUT2D eigenvalue weighted by atomic mass is 9.77. The Balaban J connectivity index is 1.63. The first-order valence-electron chi connectivity index (χ1n) is 6.88. The van der Waals surface area contributed by atoms with E-state index in [-0.39, 0.29) is 5.91 Å². The van der Waals surface area contributed by atoms with E-state index in [9.17, 15) is 14.7 Å². The number of pyridine rings is 1. The van der Waals surface area contributed by atoms with Gasteiger partial charge in [-0.05, 0) is 11.6 Å². The van der Waals surface area contributed by atoms with Crippen LogP contribution in [0.5, 0.6) is 0 Å². The number of fused-ring (bicyclic) bond motifs is 1. The van der Waals surface area contributed by atoms with Gasteiger partial charge in [0.15, 0.2) is 0 Å². The summed E-state index contributed by atoms with van der Waals surface area (Å²) in [6, 6.07) is 3.71. The zero-order chi connectivity index (χ0) is 14.6. The van der Waals surface area contributed by atoms with Gasteiger partial charge >= 0.3 is 5.97 Å². The number of carboxylic acid groups (broad SMARTS) is 1. The monoisotopic (exact) mass is 286 g/mol. The Bertz CT molecular complexity index is 644. The van der Waals surface area contributed by atoms with Crippen molar-refractivity contribution in [1.29, 1.82) is 0 Å². The van der Waals surface area contributed by atoms with E-state index in [1.54, 1.807) is 23.4 Å². The van der Waals surface area contributed by atoms with E-state index in [1.807, 2.05) is 18.2 Å². The molecule has 0 radical (unpaired) electrons. The van der Waals surface area contributed by atoms with E-state index in [4.69, 9.17) is 4.74 Å². The fourth-order valence-electron chi connectivity index (χ4n) is 3.71. The summed E-state index contributed by atoms with van der Waals surface area (Å²) in [5.74, 6) is -2.49. The maximum absolute atomic E-state index is 12.6. The molecule has 0 aliphatic carbocycles. The van der Waals surface area contributed by atoms with Crippen LogP contribution in [0.4, 0.5) is 0 Å². The van der Waals surface area contributed by atoms with Crippen molar-refractivity contribution in [3.05, 3.63) is 42.2 Å². The summed E-state index contributed by atoms with van der Waals surface area (Å²) in [4.78, 5) is 29.8. The SMILES string of the molecule is O=C(O)C1C2C(=O)N(Cc3cccnc3)C[C@]23C=C[C@H]1O3. The Morgan fingerprint density at radius 3 is 3.14 bits per heavy atom. The van der Waals surface area contributed by atoms with Crippen molar-refractivity contribution >= 4 is 11.9 Å². The molecule has 1 aromatic rings. The highest BCUT2D eigenvalue weighted by molar-refractivity contribution is 5.90. The Morgan fingerprint density at radius 2 is 2.43 bits per heavy atom. The number of rotatable bonds is 3. The summed E-state index contributed by atoms with van der Waals surface area (Å²) in [5.41, 5.74) is 0.167. The van der Waals surface area contributed by atoms with Crippen molar-refractivity contribution in [1.82, 2.24) is 9.88 Å². The fraction of sp³-hybridized carbons (Fsp3) is 0.400. The van der Waals surface area contributed by atoms with Crippen molar-refractivity contribution in [3.63, 3.8) is 0 Å². The van der Waals surface area contributed by atoms with Crippen molar-refractivity contribution in [2.24, 2.45) is 11.8 Å². The van der Waals surface area contributed by atoms with Gasteiger partial charge in [-0.1, -0.05) is 18.2 Å². The summed E-state index contributed by atoms with van der Waals surface area (Å²) in [5, 5.41) is 9.38. The number of carbonyl (C=O) groups is 2. The first-order chi connectivity index (χ1) is 10.1. The standard InChI is InChI=1S/C15H14N2O4/c18-13-12-11(14(19)20)10-3-4-15(12,21-10)8-17(13)7-9-2-1-5-16-6-9/h1-6,10-12H,7-8H2,(H,19,20)/t10-,11?,12?,15-/m1/s1. The molecular weight excluding hydrogens is 272 g/mol. The lowest BCUT2D eigenvalue weighted by Crippen LogP contribution is -2.39. The Labute approximate surface area is 121 Å². The first kappa shape index (κ1) is 12.5. The van der Waals surface area contributed by atoms with Gasteiger partial charge in [0.25, 0.3) is 0 Å². The zero-order valence-electron chi connectivity index (χ0n) is 11.2. The normalized spacial score (nSPS) is 36.3. The number of hydrogen-bond donors (Lipinski definition) is 1. The Kier molecular flexibility index (Phi) is 2.47. The van der Waals surface area contributed by atoms with Crippen molar-refractivity contribution in [2.45, 2.75) is 18.2 Å². The van der Waals surface area contributed by atoms with Crippen LogP contribution in [0.2, 0.25) is 0 Å². The van der Waals surface area contributed by atoms with Crippen LogP contribution in [-0.2, 0) is 20.9 Å². The molecule has 0 aromatic carbocycles. The van der Waals surface area contributed by atoms with Gasteiger partial charge in [0.1, 0.15) is 11.5 Å². The van der Waals surface area contributed by atoms with Crippen LogP contribution >= 0.6 is 0 Å². The van der Waals surface area contributed by atoms with Crippen LogP contribution in [0, 0.1) is 11.8 Å². The van der Waals surface area contributed by atoms with Gasteiger partial charge in [-0.25, -0.2) is 0 Å². The quantitative estimate of drug-likeness (QED) is 0.816. The van der Waals surface area contributed by atoms with Gasteiger partial charge in [0.05, 0.1) is 18.6 Å². The van der Waals surface area contributed by atoms with E-state index in [0.29, 0.717) is 13.1 Å². The van der Waals surface area contributed by atoms with Crippen molar-refractivity contribution < 1.29 is 19.4 Å². The van der Waals surface area contributed by atoms with Crippen molar-refractivity contribution in [3.8, 4) is 0 Å². The lowest BCUT2D eigenvalue weighted by molar-refractivity contribution is -0.148. The van der Waals surface area contributed by atoms with Gasteiger partial charge in [0, 0.05) is 18.9 Å². The number of carbonyl (C=O) groups excluding carboxylic acids is 1. The molecule has 4 heterocycles. The molecule has 3 aliphatic heterocycles. The molecule has 4 rings (SSSR count). The third-order valence-electron chi connectivity index (χ3n) is 4.56. The van der Waals surface area contributed by atoms with E-state index < -0.39 is 29.5 Å². The van der Waals surface area contributed by atoms with Gasteiger partial charge < -0.3 is 14.7 Å². The number of aromatic nitrogens is 1. The topological polar surface area (TPSA) is 79.7 Å². The van der Waals surface area contributed by atoms with E-state index >= 15 is 0 Å². The molecule has 108 valence electrons. The summed E-state index contributed by atoms with van der Waals surface area (Å²) >= 11 is 0. The van der Waals surface area contributed by atoms with Crippen LogP contribution in [0.15, 0.2) is 36.7 Å². The van der Waals surface area contributed by atoms with Gasteiger partial charge in [-0.3, -0.25) is 14.6 Å². The minimum atomic E-state index is -0.965. The number of aliphatic carboxylic acids is 1. The predicted octanol–water partition coefficient (Wildman–Crippen LogP) is 0.448. The molecular formula is C15H14N2O4. The molecule has 2 saturated heterocycles. The average molecular weight is 286 g/mol. The highest BCUT2D eigenvalue weighted by Crippen LogP contribution is 2.52. The number of likely N-dealkylation sites (tertiary alicyclic amines) is 1. The van der Waals surface area contributed by atoms with Crippen molar-refractivity contribution in [2.75, 3.05) is 6.54 Å². The molecule has 21 heavy (non-hydrogen) atoms. The number of amides is 1. The highest BCUT2D eigenvalue weighted by atomic mass is 16.5. The molecule has 6 nitrogen and oxygen atoms in total. The molecule has 6 heteroatoms. The van der Waals surface area contributed by atoms with Crippen LogP contribution in [0.25, 0.3) is 0 Å². The molecule has 2 fully saturated rings. The van der Waals surface area contributed by atoms with Crippen LogP contribution < -0.4 is 0 Å². The van der Waals surface area contributed by atoms with Crippen LogP contribution in [0.3, 0.4) is 0 Å². The summed E-state index contributed by atoms with van der Waals surface area (Å²) in [7, 11) is 0. The second-order valence-corrected chi connectivity index (χ2v) is 5.79. The maximum atomic E-state index is 12.6. The molecule has 1 spiro atoms. The summed E-state index contributed by atoms with van der Waals surface area (Å²) in [6.07, 6.45) is 6.55. The minimum Gasteiger partial charge on any atom is -0.481 e. The fourth-order valence-corrected chi connectivity index (χ4v) is 3.71. The molecule has 4 atom stereocenters. The van der Waals surface area contributed by atoms with Gasteiger partial charge in [-0.15, -0.1) is 0 Å². The summed E-state index contributed by atoms with van der Waals surface area (Å²) < 4.78 is 5.83. The minimum absolute atomic E-state index is 0.141. The molecule has 2 bridgehead atoms. The average Bonchev–Trinajstić information content (AvgIpc) is 3.09. The molecule has 3 aliphatic rings. The predicted molar refractivity (Wildman–Crippen MR) is 71.0 cm³/mol. The third kappa shape index (κ3) is 1.65. The summed E-state index contributed by atoms with van der Waals surface area (Å²) in [6.45, 7) is 0.835. The van der Waals surface area contributed by atoms with Crippen LogP contribution in [0.1, 0.15) is 5.56 Å². The second-order valence-electron chi connectivity index (χ2n) is 5.79. The lowest BCUT2D eigenvalue weighted by Gasteiger charge is -2.21. The van der Waals surface area contributed by atoms with E-state index in [1.165, 1.54) is 0 Å². The van der Waals surface area contributed by atoms with E-state index in [0.717, 1.165) is 5.56 Å². The maximum Gasteiger partial charge on any atom is 0.310 e. The Morgan fingerprint density at radius 1 is 1.57 bits per heavy atom. The second kappa shape index (κ2) is 4.14. The molecule has 1 amide bonds. The molecule has 0 saturated carbocycles. The largest absolute Gasteiger partial charge is 0.481 e. The smallest absolute Gasteiger partial charge is 0.310 e. The number of nitrogens with zero attached hydrogens (tertiary/aromatic N) is 2. The zero-order valence-corrected chi connectivity index (χ0v) is 11.2. The highest BCUT2D eigenvalue weighted by Gasteiger charge is 2.66. The Hall–Kier alpha value is -2.21.